The fourth-order valence-electron chi connectivity index (χ4n) is 9.11. The third-order valence-electron chi connectivity index (χ3n) is 11.6. The molecule has 2 unspecified atom stereocenters. The van der Waals surface area contributed by atoms with Crippen LogP contribution in [0.1, 0.15) is 91.7 Å². The van der Waals surface area contributed by atoms with Gasteiger partial charge in [-0.2, -0.15) is 0 Å². The molecule has 7 heteroatoms. The molecule has 2 aromatic heterocycles. The van der Waals surface area contributed by atoms with Crippen LogP contribution >= 0.6 is 22.7 Å². The first-order valence-electron chi connectivity index (χ1n) is 17.7. The summed E-state index contributed by atoms with van der Waals surface area (Å²) in [6.45, 7) is 4.70. The Bertz CT molecular complexity index is 2590. The number of aromatic carboxylic acids is 1. The largest absolute Gasteiger partial charge is 0.478 e. The topological polar surface area (TPSA) is 74.7 Å². The Labute approximate surface area is 309 Å². The van der Waals surface area contributed by atoms with E-state index in [-0.39, 0.29) is 33.5 Å². The molecule has 6 aromatic rings. The number of carboxylic acid groups (broad SMARTS) is 1. The average molecular weight is 716 g/mol. The van der Waals surface area contributed by atoms with Gasteiger partial charge in [0, 0.05) is 59.4 Å². The van der Waals surface area contributed by atoms with Crippen molar-refractivity contribution in [3.05, 3.63) is 147 Å². The summed E-state index contributed by atoms with van der Waals surface area (Å²) in [6.07, 6.45) is 5.28. The minimum Gasteiger partial charge on any atom is -0.478 e. The van der Waals surface area contributed by atoms with Crippen LogP contribution in [0.5, 0.6) is 0 Å². The summed E-state index contributed by atoms with van der Waals surface area (Å²) in [7, 11) is 0. The fourth-order valence-corrected chi connectivity index (χ4v) is 11.1. The molecule has 0 amide bonds. The van der Waals surface area contributed by atoms with Gasteiger partial charge in [0.1, 0.15) is 0 Å². The summed E-state index contributed by atoms with van der Waals surface area (Å²) >= 11 is 3.29. The van der Waals surface area contributed by atoms with Crippen LogP contribution in [0.4, 0.5) is 11.4 Å². The number of rotatable bonds is 5. The first kappa shape index (κ1) is 31.4. The van der Waals surface area contributed by atoms with E-state index in [4.69, 9.17) is 0 Å². The third-order valence-corrected chi connectivity index (χ3v) is 14.0. The molecule has 1 N–H and O–H groups in total. The fraction of sp³-hybridized carbons (Fsp3) is 0.178. The van der Waals surface area contributed by atoms with Gasteiger partial charge in [-0.05, 0) is 119 Å². The Kier molecular flexibility index (Phi) is 6.83. The van der Waals surface area contributed by atoms with Gasteiger partial charge < -0.3 is 10.0 Å². The van der Waals surface area contributed by atoms with Crippen LogP contribution < -0.4 is 4.90 Å². The minimum atomic E-state index is -1.13. The summed E-state index contributed by atoms with van der Waals surface area (Å²) in [5.41, 5.74) is 11.3. The Morgan fingerprint density at radius 1 is 0.750 bits per heavy atom. The molecule has 254 valence electrons. The molecule has 10 rings (SSSR count). The summed E-state index contributed by atoms with van der Waals surface area (Å²) in [4.78, 5) is 44.4. The highest BCUT2D eigenvalue weighted by Gasteiger charge is 2.43. The Morgan fingerprint density at radius 2 is 1.50 bits per heavy atom. The maximum absolute atomic E-state index is 13.1. The molecule has 4 aliphatic rings. The molecule has 4 aromatic carbocycles. The van der Waals surface area contributed by atoms with Crippen LogP contribution in [-0.4, -0.2) is 28.7 Å². The van der Waals surface area contributed by atoms with E-state index in [0.717, 1.165) is 14.6 Å². The van der Waals surface area contributed by atoms with E-state index in [0.29, 0.717) is 12.0 Å². The lowest BCUT2D eigenvalue weighted by atomic mass is 9.82. The second-order valence-corrected chi connectivity index (χ2v) is 17.0. The molecule has 52 heavy (non-hydrogen) atoms. The number of allylic oxidation sites excluding steroid dienone is 1. The monoisotopic (exact) mass is 715 g/mol. The predicted octanol–water partition coefficient (Wildman–Crippen LogP) is 11.4. The first-order valence-corrected chi connectivity index (χ1v) is 19.4. The minimum absolute atomic E-state index is 0.00773. The molecule has 1 fully saturated rings. The molecular weight excluding hydrogens is 683 g/mol. The van der Waals surface area contributed by atoms with Crippen molar-refractivity contribution in [1.29, 1.82) is 0 Å². The molecule has 0 bridgehead atoms. The van der Waals surface area contributed by atoms with Crippen molar-refractivity contribution in [3.63, 3.8) is 0 Å². The van der Waals surface area contributed by atoms with E-state index in [1.165, 1.54) is 98.4 Å². The molecule has 0 spiro atoms. The van der Waals surface area contributed by atoms with Crippen LogP contribution in [-0.2, 0) is 5.41 Å². The average Bonchev–Trinajstić information content (AvgIpc) is 4.01. The molecule has 0 radical (unpaired) electrons. The van der Waals surface area contributed by atoms with Gasteiger partial charge >= 0.3 is 5.97 Å². The van der Waals surface area contributed by atoms with Crippen molar-refractivity contribution >= 4 is 57.7 Å². The lowest BCUT2D eigenvalue weighted by molar-refractivity contribution is 0.0696. The van der Waals surface area contributed by atoms with Crippen molar-refractivity contribution in [1.82, 2.24) is 0 Å². The van der Waals surface area contributed by atoms with Crippen molar-refractivity contribution < 1.29 is 19.5 Å². The molecule has 3 aliphatic carbocycles. The van der Waals surface area contributed by atoms with Crippen molar-refractivity contribution in [2.24, 2.45) is 0 Å². The summed E-state index contributed by atoms with van der Waals surface area (Å²) in [6, 6.07) is 35.9. The van der Waals surface area contributed by atoms with Gasteiger partial charge in [-0.15, -0.1) is 22.7 Å². The maximum Gasteiger partial charge on any atom is 0.335 e. The van der Waals surface area contributed by atoms with E-state index in [9.17, 15) is 19.5 Å². The quantitative estimate of drug-likeness (QED) is 0.142. The number of carbonyl (C=O) groups excluding carboxylic acids is 2. The summed E-state index contributed by atoms with van der Waals surface area (Å²) < 4.78 is 0. The van der Waals surface area contributed by atoms with Gasteiger partial charge in [-0.25, -0.2) is 4.79 Å². The number of hydrogen-bond donors (Lipinski definition) is 1. The van der Waals surface area contributed by atoms with E-state index in [2.05, 4.69) is 91.5 Å². The standard InChI is InChI=1S/C45H33NO4S2/c1-45(2)35-8-4-3-6-28(35)29-15-12-26(22-36(29)45)46-37-9-5-7-30(37)32-20-24(11-16-38(32)46)39-18-19-41(52-39)40-17-13-27(51-40)23-34-42(47)31-14-10-25(44(49)50)21-33(31)43(34)48/h3-4,6,8,10-23,30,37H,5,7,9H2,1-2H3,(H,49,50)/b34-23+. The predicted molar refractivity (Wildman–Crippen MR) is 210 cm³/mol. The van der Waals surface area contributed by atoms with Gasteiger partial charge in [-0.1, -0.05) is 56.7 Å². The Balaban J connectivity index is 0.935. The normalized spacial score (nSPS) is 19.9. The second kappa shape index (κ2) is 11.3. The zero-order valence-corrected chi connectivity index (χ0v) is 30.2. The van der Waals surface area contributed by atoms with E-state index >= 15 is 0 Å². The van der Waals surface area contributed by atoms with Gasteiger partial charge in [0.25, 0.3) is 0 Å². The highest BCUT2D eigenvalue weighted by Crippen LogP contribution is 2.56. The lowest BCUT2D eigenvalue weighted by Gasteiger charge is -2.29. The van der Waals surface area contributed by atoms with Crippen molar-refractivity contribution in [2.45, 2.75) is 50.5 Å². The second-order valence-electron chi connectivity index (χ2n) is 14.8. The molecule has 1 saturated carbocycles. The van der Waals surface area contributed by atoms with Crippen LogP contribution in [0.15, 0.2) is 109 Å². The zero-order chi connectivity index (χ0) is 35.5. The van der Waals surface area contributed by atoms with Gasteiger partial charge in [0.15, 0.2) is 11.6 Å². The number of Topliss-reactive ketones (excluding diaryl/α,β-unsaturated/α-hetero) is 2. The highest BCUT2D eigenvalue weighted by molar-refractivity contribution is 7.24. The number of ketones is 2. The van der Waals surface area contributed by atoms with E-state index in [1.807, 2.05) is 12.1 Å². The van der Waals surface area contributed by atoms with Crippen LogP contribution in [0.2, 0.25) is 0 Å². The lowest BCUT2D eigenvalue weighted by Crippen LogP contribution is -2.27. The van der Waals surface area contributed by atoms with Gasteiger partial charge in [0.2, 0.25) is 0 Å². The molecule has 3 heterocycles. The van der Waals surface area contributed by atoms with E-state index in [1.54, 1.807) is 17.4 Å². The maximum atomic E-state index is 13.1. The van der Waals surface area contributed by atoms with Crippen LogP contribution in [0, 0.1) is 0 Å². The number of benzene rings is 4. The number of carboxylic acids is 1. The zero-order valence-electron chi connectivity index (χ0n) is 28.6. The first-order chi connectivity index (χ1) is 25.2. The smallest absolute Gasteiger partial charge is 0.335 e. The Hall–Kier alpha value is -5.37. The molecule has 1 aliphatic heterocycles. The van der Waals surface area contributed by atoms with Crippen LogP contribution in [0.3, 0.4) is 0 Å². The number of hydrogen-bond acceptors (Lipinski definition) is 6. The number of thiophene rings is 2. The van der Waals surface area contributed by atoms with Crippen molar-refractivity contribution in [2.75, 3.05) is 4.90 Å². The molecule has 5 nitrogen and oxygen atoms in total. The summed E-state index contributed by atoms with van der Waals surface area (Å²) in [5.74, 6) is -1.41. The molecule has 0 saturated heterocycles. The number of nitrogens with zero attached hydrogens (tertiary/aromatic N) is 1. The van der Waals surface area contributed by atoms with Gasteiger partial charge in [0.05, 0.1) is 11.1 Å². The molecule has 2 atom stereocenters. The summed E-state index contributed by atoms with van der Waals surface area (Å²) in [5, 5.41) is 9.34. The van der Waals surface area contributed by atoms with E-state index < -0.39 is 11.8 Å². The number of anilines is 2. The Morgan fingerprint density at radius 3 is 2.37 bits per heavy atom. The number of carbonyl (C=O) groups is 3. The van der Waals surface area contributed by atoms with Crippen molar-refractivity contribution in [3.8, 4) is 31.3 Å². The highest BCUT2D eigenvalue weighted by atomic mass is 32.1. The third kappa shape index (κ3) is 4.55. The van der Waals surface area contributed by atoms with Gasteiger partial charge in [-0.3, -0.25) is 9.59 Å². The number of fused-ring (bicyclic) bond motifs is 7. The molecular formula is C45H33NO4S2. The SMILES string of the molecule is CC1(C)c2ccccc2-c2ccc(N3c4ccc(-c5ccc(-c6ccc(/C=C7\C(=O)c8ccc(C(=O)O)cc8C7=O)s6)s5)cc4C4CCCC43)cc21. The van der Waals surface area contributed by atoms with Crippen LogP contribution in [0.25, 0.3) is 37.4 Å².